The van der Waals surface area contributed by atoms with Crippen molar-refractivity contribution in [3.05, 3.63) is 51.9 Å². The van der Waals surface area contributed by atoms with Crippen LogP contribution in [0, 0.1) is 0 Å². The predicted octanol–water partition coefficient (Wildman–Crippen LogP) is 1.25. The van der Waals surface area contributed by atoms with Crippen LogP contribution in [0.3, 0.4) is 0 Å². The molecule has 0 saturated heterocycles. The van der Waals surface area contributed by atoms with Crippen LogP contribution < -0.4 is 16.2 Å². The maximum atomic E-state index is 12.1. The molecule has 7 nitrogen and oxygen atoms in total. The van der Waals surface area contributed by atoms with E-state index in [0.29, 0.717) is 5.69 Å². The Labute approximate surface area is 125 Å². The van der Waals surface area contributed by atoms with Gasteiger partial charge in [-0.15, -0.1) is 0 Å². The Bertz CT molecular complexity index is 818. The number of rotatable bonds is 2. The average Bonchev–Trinajstić information content (AvgIpc) is 2.70. The summed E-state index contributed by atoms with van der Waals surface area (Å²) in [5.41, 5.74) is 1.21. The zero-order valence-electron chi connectivity index (χ0n) is 12.1. The maximum absolute atomic E-state index is 12.1. The molecule has 22 heavy (non-hydrogen) atoms. The van der Waals surface area contributed by atoms with E-state index in [2.05, 4.69) is 20.8 Å². The number of carbonyl (C=O) groups excluding carboxylic acids is 2. The average molecular weight is 298 g/mol. The zero-order chi connectivity index (χ0) is 15.9. The molecule has 112 valence electrons. The molecule has 3 N–H and O–H groups in total. The lowest BCUT2D eigenvalue weighted by molar-refractivity contribution is -0.119. The van der Waals surface area contributed by atoms with Crippen molar-refractivity contribution in [2.75, 3.05) is 10.6 Å². The number of carbonyl (C=O) groups is 2. The van der Waals surface area contributed by atoms with Gasteiger partial charge in [0, 0.05) is 17.4 Å². The molecule has 2 amide bonds. The minimum absolute atomic E-state index is 0.0757. The molecular weight excluding hydrogens is 284 g/mol. The summed E-state index contributed by atoms with van der Waals surface area (Å²) in [4.78, 5) is 34.9. The SMILES string of the molecule is CC1(C)C(=O)Nc2ccc(NC(=O)c3ccc(=O)[nH]n3)cc21. The number of hydrogen-bond donors (Lipinski definition) is 3. The normalized spacial score (nSPS) is 15.1. The van der Waals surface area contributed by atoms with Gasteiger partial charge in [-0.2, -0.15) is 5.10 Å². The van der Waals surface area contributed by atoms with E-state index in [1.54, 1.807) is 18.2 Å². The smallest absolute Gasteiger partial charge is 0.276 e. The summed E-state index contributed by atoms with van der Waals surface area (Å²) in [7, 11) is 0. The number of H-pyrrole nitrogens is 1. The first-order valence-corrected chi connectivity index (χ1v) is 6.71. The van der Waals surface area contributed by atoms with Gasteiger partial charge in [0.15, 0.2) is 0 Å². The number of anilines is 2. The highest BCUT2D eigenvalue weighted by atomic mass is 16.2. The molecule has 0 bridgehead atoms. The third-order valence-corrected chi connectivity index (χ3v) is 3.68. The van der Waals surface area contributed by atoms with Crippen LogP contribution in [0.2, 0.25) is 0 Å². The first-order valence-electron chi connectivity index (χ1n) is 6.71. The van der Waals surface area contributed by atoms with Gasteiger partial charge in [-0.05, 0) is 43.7 Å². The Kier molecular flexibility index (Phi) is 3.05. The molecule has 7 heteroatoms. The number of nitrogens with zero attached hydrogens (tertiary/aromatic N) is 1. The summed E-state index contributed by atoms with van der Waals surface area (Å²) in [6, 6.07) is 7.78. The van der Waals surface area contributed by atoms with Crippen molar-refractivity contribution >= 4 is 23.2 Å². The first-order chi connectivity index (χ1) is 10.4. The first kappa shape index (κ1) is 14.0. The third-order valence-electron chi connectivity index (χ3n) is 3.68. The molecule has 0 saturated carbocycles. The minimum Gasteiger partial charge on any atom is -0.325 e. The topological polar surface area (TPSA) is 104 Å². The molecular formula is C15H14N4O3. The molecule has 0 aliphatic carbocycles. The Morgan fingerprint density at radius 3 is 2.64 bits per heavy atom. The van der Waals surface area contributed by atoms with E-state index >= 15 is 0 Å². The van der Waals surface area contributed by atoms with E-state index in [0.717, 1.165) is 11.3 Å². The molecule has 0 fully saturated rings. The van der Waals surface area contributed by atoms with Crippen LogP contribution in [-0.4, -0.2) is 22.0 Å². The number of amides is 2. The number of aromatic nitrogens is 2. The third kappa shape index (κ3) is 2.26. The highest BCUT2D eigenvalue weighted by molar-refractivity contribution is 6.07. The number of nitrogens with one attached hydrogen (secondary N) is 3. The van der Waals surface area contributed by atoms with E-state index in [9.17, 15) is 14.4 Å². The van der Waals surface area contributed by atoms with Crippen molar-refractivity contribution in [3.8, 4) is 0 Å². The lowest BCUT2D eigenvalue weighted by atomic mass is 9.86. The molecule has 0 unspecified atom stereocenters. The van der Waals surface area contributed by atoms with Crippen LogP contribution in [0.1, 0.15) is 29.9 Å². The largest absolute Gasteiger partial charge is 0.325 e. The van der Waals surface area contributed by atoms with Crippen molar-refractivity contribution in [1.29, 1.82) is 0 Å². The standard InChI is InChI=1S/C15H14N4O3/c1-15(2)9-7-8(3-4-10(9)17-14(15)22)16-13(21)11-5-6-12(20)19-18-11/h3-7H,1-2H3,(H,16,21)(H,17,22)(H,19,20). The quantitative estimate of drug-likeness (QED) is 0.776. The summed E-state index contributed by atoms with van der Waals surface area (Å²) in [5, 5.41) is 11.4. The van der Waals surface area contributed by atoms with Crippen LogP contribution in [0.25, 0.3) is 0 Å². The molecule has 1 aliphatic heterocycles. The summed E-state index contributed by atoms with van der Waals surface area (Å²) < 4.78 is 0. The second-order valence-electron chi connectivity index (χ2n) is 5.60. The Hall–Kier alpha value is -2.96. The fraction of sp³-hybridized carbons (Fsp3) is 0.200. The number of aromatic amines is 1. The van der Waals surface area contributed by atoms with Gasteiger partial charge in [-0.25, -0.2) is 5.10 Å². The number of benzene rings is 1. The van der Waals surface area contributed by atoms with Crippen LogP contribution in [0.15, 0.2) is 35.1 Å². The second-order valence-corrected chi connectivity index (χ2v) is 5.60. The number of fused-ring (bicyclic) bond motifs is 1. The van der Waals surface area contributed by atoms with Crippen molar-refractivity contribution in [2.45, 2.75) is 19.3 Å². The van der Waals surface area contributed by atoms with Gasteiger partial charge >= 0.3 is 0 Å². The van der Waals surface area contributed by atoms with Crippen LogP contribution >= 0.6 is 0 Å². The van der Waals surface area contributed by atoms with Gasteiger partial charge in [0.2, 0.25) is 5.91 Å². The molecule has 1 aliphatic rings. The van der Waals surface area contributed by atoms with Crippen molar-refractivity contribution in [3.63, 3.8) is 0 Å². The summed E-state index contributed by atoms with van der Waals surface area (Å²) in [6.07, 6.45) is 0. The van der Waals surface area contributed by atoms with Gasteiger partial charge in [-0.3, -0.25) is 14.4 Å². The van der Waals surface area contributed by atoms with Gasteiger partial charge in [0.05, 0.1) is 5.41 Å². The molecule has 2 aromatic rings. The molecule has 2 heterocycles. The summed E-state index contributed by atoms with van der Waals surface area (Å²) in [6.45, 7) is 3.65. The molecule has 0 spiro atoms. The highest BCUT2D eigenvalue weighted by Crippen LogP contribution is 2.38. The Morgan fingerprint density at radius 2 is 1.95 bits per heavy atom. The van der Waals surface area contributed by atoms with E-state index in [1.807, 2.05) is 13.8 Å². The molecule has 0 atom stereocenters. The van der Waals surface area contributed by atoms with Crippen LogP contribution in [0.4, 0.5) is 11.4 Å². The van der Waals surface area contributed by atoms with Gasteiger partial charge < -0.3 is 10.6 Å². The van der Waals surface area contributed by atoms with Gasteiger partial charge in [0.25, 0.3) is 11.5 Å². The Balaban J connectivity index is 1.87. The lowest BCUT2D eigenvalue weighted by Crippen LogP contribution is -2.27. The fourth-order valence-corrected chi connectivity index (χ4v) is 2.32. The molecule has 1 aromatic heterocycles. The second kappa shape index (κ2) is 4.80. The van der Waals surface area contributed by atoms with Crippen molar-refractivity contribution in [2.24, 2.45) is 0 Å². The van der Waals surface area contributed by atoms with Gasteiger partial charge in [-0.1, -0.05) is 0 Å². The van der Waals surface area contributed by atoms with E-state index in [1.165, 1.54) is 12.1 Å². The van der Waals surface area contributed by atoms with Crippen LogP contribution in [-0.2, 0) is 10.2 Å². The monoisotopic (exact) mass is 298 g/mol. The Morgan fingerprint density at radius 1 is 1.18 bits per heavy atom. The lowest BCUT2D eigenvalue weighted by Gasteiger charge is -2.16. The van der Waals surface area contributed by atoms with Crippen molar-refractivity contribution in [1.82, 2.24) is 10.2 Å². The molecule has 0 radical (unpaired) electrons. The number of hydrogen-bond acceptors (Lipinski definition) is 4. The van der Waals surface area contributed by atoms with E-state index in [-0.39, 0.29) is 17.2 Å². The fourth-order valence-electron chi connectivity index (χ4n) is 2.32. The van der Waals surface area contributed by atoms with Gasteiger partial charge in [0.1, 0.15) is 5.69 Å². The summed E-state index contributed by atoms with van der Waals surface area (Å²) in [5.74, 6) is -0.514. The molecule has 3 rings (SSSR count). The predicted molar refractivity (Wildman–Crippen MR) is 80.9 cm³/mol. The highest BCUT2D eigenvalue weighted by Gasteiger charge is 2.38. The summed E-state index contributed by atoms with van der Waals surface area (Å²) >= 11 is 0. The molecule has 1 aromatic carbocycles. The van der Waals surface area contributed by atoms with Crippen molar-refractivity contribution < 1.29 is 9.59 Å². The maximum Gasteiger partial charge on any atom is 0.276 e. The zero-order valence-corrected chi connectivity index (χ0v) is 12.1. The van der Waals surface area contributed by atoms with E-state index < -0.39 is 11.3 Å². The minimum atomic E-state index is -0.647. The van der Waals surface area contributed by atoms with E-state index in [4.69, 9.17) is 0 Å². The van der Waals surface area contributed by atoms with Crippen LogP contribution in [0.5, 0.6) is 0 Å².